The number of methoxy groups -OCH3 is 1. The molecule has 16 heteroatoms. The average molecular weight is 669 g/mol. The molecule has 0 radical (unpaired) electrons. The number of nitrogens with two attached hydrogens (primary N) is 1. The maximum absolute atomic E-state index is 16.7. The summed E-state index contributed by atoms with van der Waals surface area (Å²) in [6.07, 6.45) is 1.18. The molecule has 3 unspecified atom stereocenters. The first kappa shape index (κ1) is 31.3. The maximum Gasteiger partial charge on any atom is 0.319 e. The molecule has 3 atom stereocenters. The molecule has 45 heavy (non-hydrogen) atoms. The third-order valence-corrected chi connectivity index (χ3v) is 9.88. The van der Waals surface area contributed by atoms with Crippen LogP contribution < -0.4 is 25.4 Å². The summed E-state index contributed by atoms with van der Waals surface area (Å²) in [6.45, 7) is -0.607. The number of hydrogen-bond acceptors (Lipinski definition) is 10. The number of aliphatic hydroxyl groups is 1. The lowest BCUT2D eigenvalue weighted by Gasteiger charge is -2.34. The molecule has 2 bridgehead atoms. The zero-order chi connectivity index (χ0) is 31.1. The van der Waals surface area contributed by atoms with Crippen molar-refractivity contribution < 1.29 is 36.5 Å². The largest absolute Gasteiger partial charge is 0.493 e. The lowest BCUT2D eigenvalue weighted by atomic mass is 9.96. The molecule has 4 heterocycles. The lowest BCUT2D eigenvalue weighted by molar-refractivity contribution is 0.0126. The number of benzene rings is 2. The predicted octanol–water partition coefficient (Wildman–Crippen LogP) is 5.15. The third kappa shape index (κ3) is 4.68. The van der Waals surface area contributed by atoms with Gasteiger partial charge < -0.3 is 30.5 Å². The van der Waals surface area contributed by atoms with Gasteiger partial charge in [-0.3, -0.25) is 0 Å². The van der Waals surface area contributed by atoms with Crippen LogP contribution in [0.15, 0.2) is 12.1 Å². The first-order chi connectivity index (χ1) is 21.0. The van der Waals surface area contributed by atoms with E-state index >= 15 is 8.78 Å². The number of alkyl halides is 2. The summed E-state index contributed by atoms with van der Waals surface area (Å²) in [7, 11) is 1.19. The molecule has 0 amide bonds. The van der Waals surface area contributed by atoms with Crippen LogP contribution in [-0.4, -0.2) is 66.5 Å². The molecule has 2 aliphatic heterocycles. The van der Waals surface area contributed by atoms with Gasteiger partial charge >= 0.3 is 6.01 Å². The van der Waals surface area contributed by atoms with E-state index in [1.165, 1.54) is 7.11 Å². The smallest absolute Gasteiger partial charge is 0.319 e. The van der Waals surface area contributed by atoms with Crippen LogP contribution in [0.3, 0.4) is 0 Å². The molecule has 238 valence electrons. The van der Waals surface area contributed by atoms with Gasteiger partial charge in [-0.15, -0.1) is 23.7 Å². The number of nitrogens with zero attached hydrogens (tertiary/aromatic N) is 4. The van der Waals surface area contributed by atoms with Gasteiger partial charge in [-0.2, -0.15) is 15.2 Å². The molecule has 2 saturated heterocycles. The van der Waals surface area contributed by atoms with Crippen molar-refractivity contribution in [1.82, 2.24) is 15.3 Å². The number of nitrogens with one attached hydrogen (secondary N) is 1. The van der Waals surface area contributed by atoms with Gasteiger partial charge in [0.1, 0.15) is 34.8 Å². The molecular formula is C29H26ClF5N6O3S. The van der Waals surface area contributed by atoms with Crippen molar-refractivity contribution in [3.63, 3.8) is 0 Å². The Bertz CT molecular complexity index is 1890. The van der Waals surface area contributed by atoms with Gasteiger partial charge in [-0.1, -0.05) is 6.07 Å². The number of piperazine rings is 1. The van der Waals surface area contributed by atoms with Crippen molar-refractivity contribution in [3.05, 3.63) is 35.1 Å². The second kappa shape index (κ2) is 11.0. The standard InChI is InChI=1S/C29H25F5N6O3S.ClH/c1-42-23-19-22(20(31)18(21(23)32)14-4-5-16(30)24-17(14)15(6-35)25(36)44-24)38-27(43-11-28(10-41)9-29(28,33)34)39-26(19)40-7-12-2-3-13(8-40)37-12;/h4-5,12-13,37,41H,2-3,7-11,36H2,1H3;1H. The number of nitriles is 1. The van der Waals surface area contributed by atoms with Crippen molar-refractivity contribution in [2.24, 2.45) is 5.41 Å². The predicted molar refractivity (Wildman–Crippen MR) is 160 cm³/mol. The highest BCUT2D eigenvalue weighted by atomic mass is 35.5. The van der Waals surface area contributed by atoms with E-state index in [-0.39, 0.29) is 61.9 Å². The molecule has 4 aromatic rings. The summed E-state index contributed by atoms with van der Waals surface area (Å²) in [5.41, 5.74) is 2.77. The van der Waals surface area contributed by atoms with E-state index in [9.17, 15) is 23.5 Å². The highest BCUT2D eigenvalue weighted by Gasteiger charge is 2.71. The molecule has 2 aromatic carbocycles. The number of anilines is 2. The summed E-state index contributed by atoms with van der Waals surface area (Å²) < 4.78 is 87.1. The summed E-state index contributed by atoms with van der Waals surface area (Å²) in [5, 5.41) is 22.7. The Hall–Kier alpha value is -3.71. The van der Waals surface area contributed by atoms with E-state index in [1.54, 1.807) is 0 Å². The van der Waals surface area contributed by atoms with Crippen LogP contribution in [0.4, 0.5) is 32.8 Å². The van der Waals surface area contributed by atoms with Gasteiger partial charge in [0.2, 0.25) is 0 Å². The molecule has 3 aliphatic rings. The third-order valence-electron chi connectivity index (χ3n) is 8.85. The minimum atomic E-state index is -3.15. The van der Waals surface area contributed by atoms with Gasteiger partial charge in [0.15, 0.2) is 17.4 Å². The van der Waals surface area contributed by atoms with Crippen LogP contribution in [0.2, 0.25) is 0 Å². The Labute approximate surface area is 263 Å². The fourth-order valence-electron chi connectivity index (χ4n) is 6.39. The molecule has 3 fully saturated rings. The van der Waals surface area contributed by atoms with Crippen LogP contribution in [0.5, 0.6) is 11.8 Å². The van der Waals surface area contributed by atoms with Crippen molar-refractivity contribution in [3.8, 4) is 29.0 Å². The van der Waals surface area contributed by atoms with Gasteiger partial charge in [0.05, 0.1) is 40.3 Å². The van der Waals surface area contributed by atoms with E-state index in [4.69, 9.17) is 15.2 Å². The quantitative estimate of drug-likeness (QED) is 0.229. The molecular weight excluding hydrogens is 643 g/mol. The Morgan fingerprint density at radius 1 is 1.16 bits per heavy atom. The number of thiophene rings is 1. The van der Waals surface area contributed by atoms with Crippen LogP contribution in [0, 0.1) is 34.2 Å². The number of halogens is 6. The average Bonchev–Trinajstić information content (AvgIpc) is 3.21. The zero-order valence-electron chi connectivity index (χ0n) is 23.6. The minimum absolute atomic E-state index is 0. The highest BCUT2D eigenvalue weighted by Crippen LogP contribution is 2.60. The zero-order valence-corrected chi connectivity index (χ0v) is 25.2. The second-order valence-electron chi connectivity index (χ2n) is 11.5. The number of ether oxygens (including phenoxy) is 2. The fourth-order valence-corrected chi connectivity index (χ4v) is 7.34. The fraction of sp³-hybridized carbons (Fsp3) is 0.414. The number of hydrogen-bond donors (Lipinski definition) is 3. The van der Waals surface area contributed by atoms with Crippen LogP contribution >= 0.6 is 23.7 Å². The Kier molecular flexibility index (Phi) is 7.63. The summed E-state index contributed by atoms with van der Waals surface area (Å²) in [4.78, 5) is 10.5. The van der Waals surface area contributed by atoms with E-state index < -0.39 is 71.3 Å². The summed E-state index contributed by atoms with van der Waals surface area (Å²) >= 11 is 0.775. The number of rotatable bonds is 7. The normalized spacial score (nSPS) is 23.2. The van der Waals surface area contributed by atoms with Gasteiger partial charge in [-0.05, 0) is 24.5 Å². The summed E-state index contributed by atoms with van der Waals surface area (Å²) in [5.74, 6) is -6.50. The second-order valence-corrected chi connectivity index (χ2v) is 12.5. The molecule has 9 nitrogen and oxygen atoms in total. The number of aromatic nitrogens is 2. The monoisotopic (exact) mass is 668 g/mol. The SMILES string of the molecule is COc1c(F)c(-c2ccc(F)c3sc(N)c(C#N)c23)c(F)c2nc(OCC3(CO)CC3(F)F)nc(N3CC4CCC(C3)N4)c12.Cl. The maximum atomic E-state index is 16.7. The van der Waals surface area contributed by atoms with Crippen molar-refractivity contribution in [1.29, 1.82) is 5.26 Å². The van der Waals surface area contributed by atoms with E-state index in [0.717, 1.165) is 36.3 Å². The molecule has 4 N–H and O–H groups in total. The van der Waals surface area contributed by atoms with E-state index in [0.29, 0.717) is 13.1 Å². The minimum Gasteiger partial charge on any atom is -0.493 e. The Morgan fingerprint density at radius 3 is 2.44 bits per heavy atom. The topological polar surface area (TPSA) is 130 Å². The molecule has 1 saturated carbocycles. The molecule has 0 spiro atoms. The highest BCUT2D eigenvalue weighted by molar-refractivity contribution is 7.23. The van der Waals surface area contributed by atoms with Crippen molar-refractivity contribution in [2.45, 2.75) is 37.3 Å². The van der Waals surface area contributed by atoms with Crippen molar-refractivity contribution >= 4 is 55.6 Å². The first-order valence-corrected chi connectivity index (χ1v) is 14.6. The van der Waals surface area contributed by atoms with Gasteiger partial charge in [0, 0.05) is 37.0 Å². The van der Waals surface area contributed by atoms with Crippen molar-refractivity contribution in [2.75, 3.05) is 44.0 Å². The molecule has 2 aromatic heterocycles. The Balaban J connectivity index is 0.00000357. The van der Waals surface area contributed by atoms with E-state index in [2.05, 4.69) is 15.3 Å². The van der Waals surface area contributed by atoms with Crippen LogP contribution in [0.25, 0.3) is 32.1 Å². The van der Waals surface area contributed by atoms with Gasteiger partial charge in [-0.25, -0.2) is 22.0 Å². The van der Waals surface area contributed by atoms with Crippen LogP contribution in [-0.2, 0) is 0 Å². The first-order valence-electron chi connectivity index (χ1n) is 13.8. The molecule has 7 rings (SSSR count). The number of fused-ring (bicyclic) bond motifs is 4. The summed E-state index contributed by atoms with van der Waals surface area (Å²) in [6, 6.07) is 3.78. The number of nitrogen functional groups attached to an aromatic ring is 1. The van der Waals surface area contributed by atoms with Gasteiger partial charge in [0.25, 0.3) is 5.92 Å². The van der Waals surface area contributed by atoms with E-state index in [1.807, 2.05) is 11.0 Å². The molecule has 1 aliphatic carbocycles. The lowest BCUT2D eigenvalue weighted by Crippen LogP contribution is -2.51. The Morgan fingerprint density at radius 2 is 1.84 bits per heavy atom. The number of aliphatic hydroxyl groups excluding tert-OH is 1. The van der Waals surface area contributed by atoms with Crippen LogP contribution in [0.1, 0.15) is 24.8 Å².